The van der Waals surface area contributed by atoms with Gasteiger partial charge in [-0.15, -0.1) is 0 Å². The number of hydrogen-bond acceptors (Lipinski definition) is 4. The van der Waals surface area contributed by atoms with Gasteiger partial charge in [-0.1, -0.05) is 30.3 Å². The summed E-state index contributed by atoms with van der Waals surface area (Å²) in [6.07, 6.45) is 2.08. The molecule has 0 radical (unpaired) electrons. The number of carbonyl (C=O) groups is 2. The van der Waals surface area contributed by atoms with E-state index in [0.717, 1.165) is 76.1 Å². The molecule has 2 aliphatic rings. The summed E-state index contributed by atoms with van der Waals surface area (Å²) in [6.45, 7) is 3.06. The molecule has 4 heterocycles. The second-order valence-corrected chi connectivity index (χ2v) is 9.25. The molecule has 34 heavy (non-hydrogen) atoms. The van der Waals surface area contributed by atoms with Crippen molar-refractivity contribution in [2.75, 3.05) is 20.3 Å². The summed E-state index contributed by atoms with van der Waals surface area (Å²) in [7, 11) is 1.69. The second kappa shape index (κ2) is 7.16. The molecule has 7 heteroatoms. The smallest absolute Gasteiger partial charge is 0.259 e. The van der Waals surface area contributed by atoms with Crippen molar-refractivity contribution >= 4 is 55.4 Å². The van der Waals surface area contributed by atoms with Crippen LogP contribution in [-0.2, 0) is 24.2 Å². The number of benzene rings is 3. The average molecular weight is 453 g/mol. The number of ether oxygens (including phenoxy) is 1. The number of nitrogens with zero attached hydrogens (tertiary/aromatic N) is 1. The highest BCUT2D eigenvalue weighted by molar-refractivity contribution is 6.39. The molecule has 0 saturated heterocycles. The van der Waals surface area contributed by atoms with Gasteiger partial charge in [0.1, 0.15) is 0 Å². The minimum absolute atomic E-state index is 0.302. The lowest BCUT2D eigenvalue weighted by Gasteiger charge is -2.16. The first-order valence-electron chi connectivity index (χ1n) is 11.8. The zero-order valence-corrected chi connectivity index (χ0v) is 18.9. The van der Waals surface area contributed by atoms with E-state index in [1.54, 1.807) is 7.11 Å². The average Bonchev–Trinajstić information content (AvgIpc) is 3.47. The first-order chi connectivity index (χ1) is 16.7. The number of hydrogen-bond donors (Lipinski definition) is 3. The summed E-state index contributed by atoms with van der Waals surface area (Å²) >= 11 is 0. The predicted octanol–water partition coefficient (Wildman–Crippen LogP) is 3.99. The van der Waals surface area contributed by atoms with Gasteiger partial charge in [0.15, 0.2) is 0 Å². The van der Waals surface area contributed by atoms with E-state index in [1.807, 2.05) is 0 Å². The number of aromatic amines is 1. The highest BCUT2D eigenvalue weighted by atomic mass is 16.5. The van der Waals surface area contributed by atoms with Crippen molar-refractivity contribution in [1.29, 1.82) is 0 Å². The molecule has 5 aromatic rings. The molecule has 7 rings (SSSR count). The monoisotopic (exact) mass is 452 g/mol. The molecule has 2 aliphatic heterocycles. The van der Waals surface area contributed by atoms with Gasteiger partial charge in [-0.05, 0) is 30.0 Å². The van der Waals surface area contributed by atoms with E-state index in [-0.39, 0.29) is 11.8 Å². The zero-order valence-electron chi connectivity index (χ0n) is 18.9. The third-order valence-electron chi connectivity index (χ3n) is 7.34. The molecule has 0 aliphatic carbocycles. The largest absolute Gasteiger partial charge is 0.383 e. The maximum atomic E-state index is 13.1. The molecular weight excluding hydrogens is 428 g/mol. The molecule has 3 N–H and O–H groups in total. The number of fused-ring (bicyclic) bond motifs is 10. The second-order valence-electron chi connectivity index (χ2n) is 9.25. The van der Waals surface area contributed by atoms with Crippen LogP contribution in [0.2, 0.25) is 0 Å². The van der Waals surface area contributed by atoms with E-state index >= 15 is 0 Å². The van der Waals surface area contributed by atoms with Crippen molar-refractivity contribution in [3.05, 3.63) is 58.7 Å². The van der Waals surface area contributed by atoms with Crippen LogP contribution in [0.5, 0.6) is 0 Å². The fraction of sp³-hybridized carbons (Fsp3) is 0.259. The van der Waals surface area contributed by atoms with Gasteiger partial charge in [0.05, 0.1) is 34.3 Å². The van der Waals surface area contributed by atoms with Gasteiger partial charge >= 0.3 is 0 Å². The molecule has 170 valence electrons. The van der Waals surface area contributed by atoms with Gasteiger partial charge in [-0.2, -0.15) is 0 Å². The van der Waals surface area contributed by atoms with Crippen LogP contribution in [0.25, 0.3) is 43.6 Å². The summed E-state index contributed by atoms with van der Waals surface area (Å²) in [5, 5.41) is 9.70. The van der Waals surface area contributed by atoms with Crippen molar-refractivity contribution in [2.45, 2.75) is 25.9 Å². The number of imide groups is 1. The van der Waals surface area contributed by atoms with Crippen LogP contribution in [0, 0.1) is 0 Å². The van der Waals surface area contributed by atoms with E-state index in [2.05, 4.69) is 56.6 Å². The number of aromatic nitrogens is 2. The van der Waals surface area contributed by atoms with Crippen LogP contribution in [0.3, 0.4) is 0 Å². The number of carbonyl (C=O) groups excluding carboxylic acids is 2. The van der Waals surface area contributed by atoms with E-state index in [0.29, 0.717) is 17.7 Å². The number of methoxy groups -OCH3 is 1. The Hall–Kier alpha value is -3.68. The maximum Gasteiger partial charge on any atom is 0.259 e. The Morgan fingerprint density at radius 3 is 2.74 bits per heavy atom. The number of H-pyrrole nitrogens is 1. The van der Waals surface area contributed by atoms with Crippen LogP contribution in [0.15, 0.2) is 36.4 Å². The summed E-state index contributed by atoms with van der Waals surface area (Å²) < 4.78 is 7.47. The Balaban J connectivity index is 1.58. The van der Waals surface area contributed by atoms with Crippen LogP contribution in [0.4, 0.5) is 0 Å². The number of rotatable bonds is 5. The molecule has 3 aromatic carbocycles. The molecule has 0 saturated carbocycles. The number of aryl methyl sites for hydroxylation is 2. The predicted molar refractivity (Wildman–Crippen MR) is 133 cm³/mol. The molecular formula is C27H24N4O3. The van der Waals surface area contributed by atoms with E-state index in [1.165, 1.54) is 11.1 Å². The van der Waals surface area contributed by atoms with Crippen molar-refractivity contribution in [1.82, 2.24) is 20.2 Å². The Kier molecular flexibility index (Phi) is 4.16. The summed E-state index contributed by atoms with van der Waals surface area (Å²) in [6, 6.07) is 12.6. The molecule has 2 amide bonds. The van der Waals surface area contributed by atoms with Gasteiger partial charge in [-0.3, -0.25) is 14.9 Å². The van der Waals surface area contributed by atoms with Crippen molar-refractivity contribution in [2.24, 2.45) is 0 Å². The Morgan fingerprint density at radius 2 is 1.88 bits per heavy atom. The molecule has 7 nitrogen and oxygen atoms in total. The first-order valence-corrected chi connectivity index (χ1v) is 11.8. The Labute approximate surface area is 195 Å². The molecule has 0 bridgehead atoms. The lowest BCUT2D eigenvalue weighted by Crippen LogP contribution is -2.20. The summed E-state index contributed by atoms with van der Waals surface area (Å²) in [4.78, 5) is 29.8. The van der Waals surface area contributed by atoms with Crippen LogP contribution >= 0.6 is 0 Å². The zero-order chi connectivity index (χ0) is 23.0. The molecule has 0 atom stereocenters. The lowest BCUT2D eigenvalue weighted by atomic mass is 9.96. The third kappa shape index (κ3) is 2.53. The van der Waals surface area contributed by atoms with Crippen LogP contribution < -0.4 is 10.6 Å². The summed E-state index contributed by atoms with van der Waals surface area (Å²) in [5.74, 6) is -0.617. The van der Waals surface area contributed by atoms with Gasteiger partial charge in [0, 0.05) is 53.8 Å². The van der Waals surface area contributed by atoms with Crippen molar-refractivity contribution in [3.63, 3.8) is 0 Å². The molecule has 0 unspecified atom stereocenters. The normalized spacial score (nSPS) is 15.2. The van der Waals surface area contributed by atoms with Crippen LogP contribution in [-0.4, -0.2) is 41.6 Å². The SMILES string of the molecule is COCCNCc1ccc2c(c1)[nH]c1c2c2c(c3c4cccc5c4n(c13)CCC5)C(=O)NC2=O. The Bertz CT molecular complexity index is 1690. The first kappa shape index (κ1) is 19.8. The standard InChI is InChI=1S/C27H24N4O3/c1-34-11-9-28-13-14-7-8-16-18(12-14)29-23-19(16)21-22(27(33)30-26(21)32)20-17-6-2-4-15-5-3-10-31(24(15)17)25(20)23/h2,4,6-8,12,28-29H,3,5,9-11,13H2,1H3,(H,30,32,33). The highest BCUT2D eigenvalue weighted by Gasteiger charge is 2.36. The lowest BCUT2D eigenvalue weighted by molar-refractivity contribution is 0.0880. The number of para-hydroxylation sites is 1. The fourth-order valence-corrected chi connectivity index (χ4v) is 5.98. The molecule has 2 aromatic heterocycles. The summed E-state index contributed by atoms with van der Waals surface area (Å²) in [5.41, 5.74) is 7.57. The van der Waals surface area contributed by atoms with E-state index in [4.69, 9.17) is 4.74 Å². The fourth-order valence-electron chi connectivity index (χ4n) is 5.98. The minimum Gasteiger partial charge on any atom is -0.383 e. The topological polar surface area (TPSA) is 88.2 Å². The maximum absolute atomic E-state index is 13.1. The minimum atomic E-state index is -0.315. The van der Waals surface area contributed by atoms with Gasteiger partial charge in [-0.25, -0.2) is 0 Å². The number of nitrogens with one attached hydrogen (secondary N) is 3. The van der Waals surface area contributed by atoms with Crippen LogP contribution in [0.1, 0.15) is 38.3 Å². The van der Waals surface area contributed by atoms with E-state index < -0.39 is 0 Å². The van der Waals surface area contributed by atoms with Gasteiger partial charge in [0.25, 0.3) is 11.8 Å². The van der Waals surface area contributed by atoms with Crippen molar-refractivity contribution in [3.8, 4) is 0 Å². The van der Waals surface area contributed by atoms with Crippen molar-refractivity contribution < 1.29 is 14.3 Å². The number of amides is 2. The molecule has 0 fully saturated rings. The quantitative estimate of drug-likeness (QED) is 0.278. The Morgan fingerprint density at radius 1 is 1.03 bits per heavy atom. The third-order valence-corrected chi connectivity index (χ3v) is 7.34. The van der Waals surface area contributed by atoms with Gasteiger partial charge < -0.3 is 19.6 Å². The van der Waals surface area contributed by atoms with Gasteiger partial charge in [0.2, 0.25) is 0 Å². The van der Waals surface area contributed by atoms with E-state index in [9.17, 15) is 9.59 Å². The molecule has 0 spiro atoms. The highest BCUT2D eigenvalue weighted by Crippen LogP contribution is 2.45.